The molecule has 0 aliphatic heterocycles. The van der Waals surface area contributed by atoms with Gasteiger partial charge in [-0.1, -0.05) is 53.6 Å². The Kier molecular flexibility index (Phi) is 7.36. The lowest BCUT2D eigenvalue weighted by Crippen LogP contribution is -2.41. The van der Waals surface area contributed by atoms with Gasteiger partial charge in [0.15, 0.2) is 0 Å². The van der Waals surface area contributed by atoms with Crippen LogP contribution in [-0.4, -0.2) is 27.4 Å². The number of halogens is 1. The summed E-state index contributed by atoms with van der Waals surface area (Å²) in [6.45, 7) is 3.86. The van der Waals surface area contributed by atoms with E-state index in [2.05, 4.69) is 5.32 Å². The molecule has 0 unspecified atom stereocenters. The molecular formula is C24H25ClN2O3S. The van der Waals surface area contributed by atoms with Crippen molar-refractivity contribution in [1.82, 2.24) is 5.32 Å². The number of benzene rings is 3. The Labute approximate surface area is 188 Å². The Hall–Kier alpha value is -2.83. The van der Waals surface area contributed by atoms with Gasteiger partial charge in [-0.05, 0) is 67.8 Å². The maximum atomic E-state index is 13.4. The van der Waals surface area contributed by atoms with Crippen LogP contribution in [0, 0.1) is 13.8 Å². The highest BCUT2D eigenvalue weighted by Gasteiger charge is 2.27. The molecule has 0 fully saturated rings. The van der Waals surface area contributed by atoms with E-state index in [0.29, 0.717) is 23.7 Å². The van der Waals surface area contributed by atoms with Gasteiger partial charge in [0.05, 0.1) is 10.6 Å². The molecule has 3 aromatic carbocycles. The van der Waals surface area contributed by atoms with E-state index in [9.17, 15) is 13.2 Å². The molecule has 0 heterocycles. The van der Waals surface area contributed by atoms with Gasteiger partial charge in [0.2, 0.25) is 5.91 Å². The first-order valence-corrected chi connectivity index (χ1v) is 11.7. The van der Waals surface area contributed by atoms with Crippen molar-refractivity contribution in [2.75, 3.05) is 17.4 Å². The van der Waals surface area contributed by atoms with Gasteiger partial charge in [0.25, 0.3) is 10.0 Å². The fraction of sp³-hybridized carbons (Fsp3) is 0.208. The quantitative estimate of drug-likeness (QED) is 0.542. The number of aryl methyl sites for hydroxylation is 2. The second-order valence-electron chi connectivity index (χ2n) is 7.39. The summed E-state index contributed by atoms with van der Waals surface area (Å²) in [5, 5.41) is 3.47. The molecule has 0 aromatic heterocycles. The van der Waals surface area contributed by atoms with Crippen LogP contribution in [0.3, 0.4) is 0 Å². The van der Waals surface area contributed by atoms with Gasteiger partial charge in [0.1, 0.15) is 6.54 Å². The van der Waals surface area contributed by atoms with Crippen LogP contribution in [0.4, 0.5) is 5.69 Å². The maximum Gasteiger partial charge on any atom is 0.264 e. The van der Waals surface area contributed by atoms with Crippen LogP contribution >= 0.6 is 11.6 Å². The Morgan fingerprint density at radius 3 is 2.26 bits per heavy atom. The summed E-state index contributed by atoms with van der Waals surface area (Å²) in [6.07, 6.45) is 0.623. The van der Waals surface area contributed by atoms with E-state index in [4.69, 9.17) is 11.6 Å². The van der Waals surface area contributed by atoms with Crippen LogP contribution < -0.4 is 9.62 Å². The number of amides is 1. The van der Waals surface area contributed by atoms with E-state index in [1.807, 2.05) is 32.0 Å². The first-order chi connectivity index (χ1) is 14.8. The average Bonchev–Trinajstić information content (AvgIpc) is 2.73. The van der Waals surface area contributed by atoms with E-state index in [-0.39, 0.29) is 17.3 Å². The Morgan fingerprint density at radius 2 is 1.61 bits per heavy atom. The van der Waals surface area contributed by atoms with Crippen molar-refractivity contribution in [3.05, 3.63) is 94.5 Å². The number of carbonyl (C=O) groups is 1. The first kappa shape index (κ1) is 22.8. The standard InChI is InChI=1S/C24H25ClN2O3S/c1-18-6-12-23(13-7-18)31(29,30)27(22-5-3-4-19(2)16-22)17-24(28)26-15-14-20-8-10-21(25)11-9-20/h3-13,16H,14-15,17H2,1-2H3,(H,26,28). The van der Waals surface area contributed by atoms with Crippen molar-refractivity contribution in [2.24, 2.45) is 0 Å². The molecule has 3 rings (SSSR count). The van der Waals surface area contributed by atoms with Crippen LogP contribution in [0.2, 0.25) is 5.02 Å². The van der Waals surface area contributed by atoms with Crippen LogP contribution in [0.1, 0.15) is 16.7 Å². The molecule has 3 aromatic rings. The number of carbonyl (C=O) groups excluding carboxylic acids is 1. The number of nitrogens with one attached hydrogen (secondary N) is 1. The zero-order valence-corrected chi connectivity index (χ0v) is 19.1. The van der Waals surface area contributed by atoms with Gasteiger partial charge in [-0.15, -0.1) is 0 Å². The molecule has 1 amide bonds. The molecule has 0 aliphatic rings. The number of nitrogens with zero attached hydrogens (tertiary/aromatic N) is 1. The van der Waals surface area contributed by atoms with Gasteiger partial charge < -0.3 is 5.32 Å². The minimum atomic E-state index is -3.91. The predicted molar refractivity (Wildman–Crippen MR) is 125 cm³/mol. The first-order valence-electron chi connectivity index (χ1n) is 9.93. The summed E-state index contributed by atoms with van der Waals surface area (Å²) in [7, 11) is -3.91. The molecule has 0 bridgehead atoms. The molecule has 0 saturated heterocycles. The van der Waals surface area contributed by atoms with Crippen molar-refractivity contribution in [1.29, 1.82) is 0 Å². The van der Waals surface area contributed by atoms with Crippen molar-refractivity contribution in [3.63, 3.8) is 0 Å². The molecule has 31 heavy (non-hydrogen) atoms. The minimum absolute atomic E-state index is 0.147. The fourth-order valence-electron chi connectivity index (χ4n) is 3.12. The summed E-state index contributed by atoms with van der Waals surface area (Å²) in [5.41, 5.74) is 3.35. The van der Waals surface area contributed by atoms with Gasteiger partial charge in [-0.2, -0.15) is 0 Å². The van der Waals surface area contributed by atoms with Gasteiger partial charge in [0, 0.05) is 11.6 Å². The van der Waals surface area contributed by atoms with Crippen molar-refractivity contribution in [2.45, 2.75) is 25.2 Å². The lowest BCUT2D eigenvalue weighted by molar-refractivity contribution is -0.119. The van der Waals surface area contributed by atoms with Crippen LogP contribution in [0.5, 0.6) is 0 Å². The summed E-state index contributed by atoms with van der Waals surface area (Å²) in [5.74, 6) is -0.369. The van der Waals surface area contributed by atoms with E-state index in [0.717, 1.165) is 21.0 Å². The van der Waals surface area contributed by atoms with Crippen molar-refractivity contribution < 1.29 is 13.2 Å². The van der Waals surface area contributed by atoms with E-state index < -0.39 is 10.0 Å². The smallest absolute Gasteiger partial charge is 0.264 e. The SMILES string of the molecule is Cc1ccc(S(=O)(=O)N(CC(=O)NCCc2ccc(Cl)cc2)c2cccc(C)c2)cc1. The normalized spacial score (nSPS) is 11.2. The zero-order chi connectivity index (χ0) is 22.4. The highest BCUT2D eigenvalue weighted by atomic mass is 35.5. The third-order valence-corrected chi connectivity index (χ3v) is 6.87. The summed E-state index contributed by atoms with van der Waals surface area (Å²) in [4.78, 5) is 12.8. The van der Waals surface area contributed by atoms with E-state index >= 15 is 0 Å². The Balaban J connectivity index is 1.77. The van der Waals surface area contributed by atoms with Crippen LogP contribution in [-0.2, 0) is 21.2 Å². The fourth-order valence-corrected chi connectivity index (χ4v) is 4.66. The minimum Gasteiger partial charge on any atom is -0.354 e. The average molecular weight is 457 g/mol. The largest absolute Gasteiger partial charge is 0.354 e. The van der Waals surface area contributed by atoms with Crippen LogP contribution in [0.15, 0.2) is 77.7 Å². The number of sulfonamides is 1. The third kappa shape index (κ3) is 6.09. The summed E-state index contributed by atoms with van der Waals surface area (Å²) < 4.78 is 27.9. The number of rotatable bonds is 8. The van der Waals surface area contributed by atoms with Gasteiger partial charge >= 0.3 is 0 Å². The molecule has 0 radical (unpaired) electrons. The highest BCUT2D eigenvalue weighted by Crippen LogP contribution is 2.24. The van der Waals surface area contributed by atoms with E-state index in [1.165, 1.54) is 0 Å². The second-order valence-corrected chi connectivity index (χ2v) is 9.69. The second kappa shape index (κ2) is 9.98. The lowest BCUT2D eigenvalue weighted by Gasteiger charge is -2.24. The number of anilines is 1. The van der Waals surface area contributed by atoms with Crippen LogP contribution in [0.25, 0.3) is 0 Å². The molecular weight excluding hydrogens is 432 g/mol. The molecule has 0 atom stereocenters. The molecule has 1 N–H and O–H groups in total. The number of hydrogen-bond donors (Lipinski definition) is 1. The molecule has 5 nitrogen and oxygen atoms in total. The molecule has 0 aliphatic carbocycles. The van der Waals surface area contributed by atoms with Crippen molar-refractivity contribution >= 4 is 33.2 Å². The summed E-state index contributed by atoms with van der Waals surface area (Å²) >= 11 is 5.89. The third-order valence-electron chi connectivity index (χ3n) is 4.83. The summed E-state index contributed by atoms with van der Waals surface area (Å²) in [6, 6.07) is 21.1. The molecule has 7 heteroatoms. The van der Waals surface area contributed by atoms with Crippen molar-refractivity contribution in [3.8, 4) is 0 Å². The maximum absolute atomic E-state index is 13.4. The molecule has 0 saturated carbocycles. The molecule has 162 valence electrons. The van der Waals surface area contributed by atoms with E-state index in [1.54, 1.807) is 54.6 Å². The number of hydrogen-bond acceptors (Lipinski definition) is 3. The highest BCUT2D eigenvalue weighted by molar-refractivity contribution is 7.92. The topological polar surface area (TPSA) is 66.5 Å². The lowest BCUT2D eigenvalue weighted by atomic mass is 10.1. The Bertz CT molecular complexity index is 1140. The zero-order valence-electron chi connectivity index (χ0n) is 17.5. The Morgan fingerprint density at radius 1 is 0.935 bits per heavy atom. The molecule has 0 spiro atoms. The monoisotopic (exact) mass is 456 g/mol. The van der Waals surface area contributed by atoms with Gasteiger partial charge in [-0.25, -0.2) is 8.42 Å². The van der Waals surface area contributed by atoms with Gasteiger partial charge in [-0.3, -0.25) is 9.10 Å². The predicted octanol–water partition coefficient (Wildman–Crippen LogP) is 4.51.